The zero-order valence-corrected chi connectivity index (χ0v) is 20.2. The fourth-order valence-corrected chi connectivity index (χ4v) is 5.09. The molecule has 3 aromatic rings. The van der Waals surface area contributed by atoms with Gasteiger partial charge in [-0.3, -0.25) is 14.5 Å². The molecule has 0 saturated carbocycles. The Morgan fingerprint density at radius 1 is 1.08 bits per heavy atom. The van der Waals surface area contributed by atoms with Gasteiger partial charge in [-0.1, -0.05) is 31.2 Å². The van der Waals surface area contributed by atoms with Crippen molar-refractivity contribution in [2.75, 3.05) is 24.5 Å². The maximum Gasteiger partial charge on any atom is 0.416 e. The number of rotatable bonds is 6. The quantitative estimate of drug-likeness (QED) is 0.420. The van der Waals surface area contributed by atoms with Crippen LogP contribution in [0, 0.1) is 0 Å². The van der Waals surface area contributed by atoms with Crippen molar-refractivity contribution >= 4 is 11.8 Å². The molecule has 2 fully saturated rings. The molecule has 2 saturated heterocycles. The zero-order valence-electron chi connectivity index (χ0n) is 20.2. The van der Waals surface area contributed by atoms with E-state index < -0.39 is 17.3 Å². The van der Waals surface area contributed by atoms with Gasteiger partial charge in [0.15, 0.2) is 0 Å². The molecular weight excluding hydrogens is 469 g/mol. The van der Waals surface area contributed by atoms with Gasteiger partial charge >= 0.3 is 12.3 Å². The first-order chi connectivity index (χ1) is 17.3. The number of nitrogens with zero attached hydrogens (tertiary/aromatic N) is 4. The molecule has 2 aliphatic rings. The molecule has 2 aromatic carbocycles. The summed E-state index contributed by atoms with van der Waals surface area (Å²) >= 11 is 0. The summed E-state index contributed by atoms with van der Waals surface area (Å²) in [7, 11) is 0. The van der Waals surface area contributed by atoms with Gasteiger partial charge in [0.1, 0.15) is 5.60 Å². The summed E-state index contributed by atoms with van der Waals surface area (Å²) in [6, 6.07) is 13.4. The maximum atomic E-state index is 13.5. The number of alkyl halides is 3. The van der Waals surface area contributed by atoms with Crippen LogP contribution in [0.3, 0.4) is 0 Å². The number of carbonyl (C=O) groups excluding carboxylic acids is 1. The summed E-state index contributed by atoms with van der Waals surface area (Å²) in [6.07, 6.45) is 1.02. The number of hydrogen-bond acceptors (Lipinski definition) is 4. The fourth-order valence-electron chi connectivity index (χ4n) is 5.09. The monoisotopic (exact) mass is 498 g/mol. The summed E-state index contributed by atoms with van der Waals surface area (Å²) in [6.45, 7) is 4.92. The molecule has 0 unspecified atom stereocenters. The van der Waals surface area contributed by atoms with Crippen molar-refractivity contribution in [3.8, 4) is 11.1 Å². The standard InChI is InChI=1S/C27H29F3N4O2/c1-2-12-33-18-21(16-31-33)24-9-8-22(27(28,29)30)15-20(24)17-32-13-10-26(11-14-32)19-34(25(35)36-26)23-6-4-3-5-7-23/h3-9,15-16,18H,2,10-14,17,19H2,1H3. The number of amides is 1. The number of halogens is 3. The van der Waals surface area contributed by atoms with Crippen LogP contribution in [-0.2, 0) is 24.0 Å². The predicted octanol–water partition coefficient (Wildman–Crippen LogP) is 5.97. The molecule has 1 aromatic heterocycles. The van der Waals surface area contributed by atoms with Crippen molar-refractivity contribution in [2.45, 2.75) is 51.1 Å². The van der Waals surface area contributed by atoms with Crippen LogP contribution in [0.2, 0.25) is 0 Å². The van der Waals surface area contributed by atoms with Gasteiger partial charge in [0.25, 0.3) is 0 Å². The van der Waals surface area contributed by atoms with Gasteiger partial charge in [-0.2, -0.15) is 18.3 Å². The molecular formula is C27H29F3N4O2. The van der Waals surface area contributed by atoms with E-state index in [1.165, 1.54) is 6.07 Å². The number of ether oxygens (including phenoxy) is 1. The van der Waals surface area contributed by atoms with Gasteiger partial charge in [-0.05, 0) is 41.8 Å². The highest BCUT2D eigenvalue weighted by atomic mass is 19.4. The van der Waals surface area contributed by atoms with E-state index in [0.29, 0.717) is 44.6 Å². The first-order valence-corrected chi connectivity index (χ1v) is 12.3. The van der Waals surface area contributed by atoms with Crippen LogP contribution in [0.5, 0.6) is 0 Å². The van der Waals surface area contributed by atoms with Crippen LogP contribution in [0.15, 0.2) is 60.9 Å². The minimum absolute atomic E-state index is 0.348. The van der Waals surface area contributed by atoms with Gasteiger partial charge in [0.2, 0.25) is 0 Å². The summed E-state index contributed by atoms with van der Waals surface area (Å²) in [5.41, 5.74) is 1.77. The Bertz CT molecular complexity index is 1220. The Labute approximate surface area is 208 Å². The molecule has 2 aliphatic heterocycles. The van der Waals surface area contributed by atoms with Crippen molar-refractivity contribution in [2.24, 2.45) is 0 Å². The Balaban J connectivity index is 1.32. The van der Waals surface area contributed by atoms with E-state index in [1.807, 2.05) is 41.2 Å². The first-order valence-electron chi connectivity index (χ1n) is 12.3. The third-order valence-electron chi connectivity index (χ3n) is 7.03. The molecule has 1 spiro atoms. The molecule has 0 aliphatic carbocycles. The van der Waals surface area contributed by atoms with E-state index >= 15 is 0 Å². The Hall–Kier alpha value is -3.33. The summed E-state index contributed by atoms with van der Waals surface area (Å²) in [5.74, 6) is 0. The number of benzene rings is 2. The molecule has 0 N–H and O–H groups in total. The largest absolute Gasteiger partial charge is 0.441 e. The summed E-state index contributed by atoms with van der Waals surface area (Å²) in [4.78, 5) is 16.4. The Morgan fingerprint density at radius 2 is 1.83 bits per heavy atom. The molecule has 190 valence electrons. The third-order valence-corrected chi connectivity index (χ3v) is 7.03. The normalized spacial score (nSPS) is 18.1. The highest BCUT2D eigenvalue weighted by Crippen LogP contribution is 2.38. The van der Waals surface area contributed by atoms with Crippen LogP contribution in [0.1, 0.15) is 37.3 Å². The van der Waals surface area contributed by atoms with Gasteiger partial charge < -0.3 is 4.74 Å². The number of carbonyl (C=O) groups is 1. The second kappa shape index (κ2) is 9.61. The maximum absolute atomic E-state index is 13.5. The minimum Gasteiger partial charge on any atom is -0.441 e. The van der Waals surface area contributed by atoms with E-state index in [-0.39, 0.29) is 6.09 Å². The SMILES string of the molecule is CCCn1cc(-c2ccc(C(F)(F)F)cc2CN2CCC3(CC2)CN(c2ccccc2)C(=O)O3)cn1. The molecule has 36 heavy (non-hydrogen) atoms. The number of para-hydroxylation sites is 1. The highest BCUT2D eigenvalue weighted by Gasteiger charge is 2.47. The van der Waals surface area contributed by atoms with Crippen LogP contribution in [0.25, 0.3) is 11.1 Å². The van der Waals surface area contributed by atoms with Crippen molar-refractivity contribution in [1.82, 2.24) is 14.7 Å². The molecule has 9 heteroatoms. The molecule has 0 radical (unpaired) electrons. The van der Waals surface area contributed by atoms with Crippen LogP contribution < -0.4 is 4.90 Å². The van der Waals surface area contributed by atoms with E-state index in [2.05, 4.69) is 16.9 Å². The molecule has 0 bridgehead atoms. The molecule has 3 heterocycles. The lowest BCUT2D eigenvalue weighted by atomic mass is 9.90. The third kappa shape index (κ3) is 4.97. The minimum atomic E-state index is -4.41. The average Bonchev–Trinajstić information content (AvgIpc) is 3.45. The van der Waals surface area contributed by atoms with Crippen LogP contribution >= 0.6 is 0 Å². The summed E-state index contributed by atoms with van der Waals surface area (Å²) in [5, 5.41) is 4.36. The first kappa shape index (κ1) is 24.4. The van der Waals surface area contributed by atoms with Crippen LogP contribution in [0.4, 0.5) is 23.7 Å². The van der Waals surface area contributed by atoms with Crippen molar-refractivity contribution in [1.29, 1.82) is 0 Å². The number of aryl methyl sites for hydroxylation is 1. The van der Waals surface area contributed by atoms with E-state index in [4.69, 9.17) is 4.74 Å². The second-order valence-corrected chi connectivity index (χ2v) is 9.61. The van der Waals surface area contributed by atoms with Crippen molar-refractivity contribution in [3.63, 3.8) is 0 Å². The fraction of sp³-hybridized carbons (Fsp3) is 0.407. The molecule has 5 rings (SSSR count). The molecule has 1 amide bonds. The van der Waals surface area contributed by atoms with Gasteiger partial charge in [0, 0.05) is 56.5 Å². The molecule has 0 atom stereocenters. The van der Waals surface area contributed by atoms with Crippen molar-refractivity contribution in [3.05, 3.63) is 72.1 Å². The van der Waals surface area contributed by atoms with E-state index in [9.17, 15) is 18.0 Å². The number of likely N-dealkylation sites (tertiary alicyclic amines) is 1. The smallest absolute Gasteiger partial charge is 0.416 e. The lowest BCUT2D eigenvalue weighted by molar-refractivity contribution is -0.137. The highest BCUT2D eigenvalue weighted by molar-refractivity contribution is 5.90. The number of anilines is 1. The number of aromatic nitrogens is 2. The van der Waals surface area contributed by atoms with E-state index in [1.54, 1.807) is 17.2 Å². The topological polar surface area (TPSA) is 50.6 Å². The number of piperidine rings is 1. The Kier molecular flexibility index (Phi) is 6.51. The average molecular weight is 499 g/mol. The van der Waals surface area contributed by atoms with Gasteiger partial charge in [0.05, 0.1) is 18.3 Å². The lowest BCUT2D eigenvalue weighted by Crippen LogP contribution is -2.46. The van der Waals surface area contributed by atoms with Crippen molar-refractivity contribution < 1.29 is 22.7 Å². The van der Waals surface area contributed by atoms with Gasteiger partial charge in [-0.15, -0.1) is 0 Å². The predicted molar refractivity (Wildman–Crippen MR) is 130 cm³/mol. The van der Waals surface area contributed by atoms with Crippen LogP contribution in [-0.4, -0.2) is 46.0 Å². The van der Waals surface area contributed by atoms with E-state index in [0.717, 1.165) is 35.8 Å². The molecule has 6 nitrogen and oxygen atoms in total. The number of hydrogen-bond donors (Lipinski definition) is 0. The summed E-state index contributed by atoms with van der Waals surface area (Å²) < 4.78 is 48.2. The zero-order chi connectivity index (χ0) is 25.3. The Morgan fingerprint density at radius 3 is 2.53 bits per heavy atom. The van der Waals surface area contributed by atoms with Gasteiger partial charge in [-0.25, -0.2) is 4.79 Å². The second-order valence-electron chi connectivity index (χ2n) is 9.61. The lowest BCUT2D eigenvalue weighted by Gasteiger charge is -2.37.